The maximum absolute atomic E-state index is 11.9. The highest BCUT2D eigenvalue weighted by Crippen LogP contribution is 2.36. The first-order valence-corrected chi connectivity index (χ1v) is 8.46. The molecule has 0 saturated carbocycles. The minimum Gasteiger partial charge on any atom is -0.465 e. The second-order valence-electron chi connectivity index (χ2n) is 4.74. The SMILES string of the molecule is CCOC(=O)C(C)(C)c1nc(C2CSCCS2)no1. The third kappa shape index (κ3) is 3.25. The van der Waals surface area contributed by atoms with Crippen molar-refractivity contribution < 1.29 is 14.1 Å². The molecule has 1 aliphatic heterocycles. The van der Waals surface area contributed by atoms with Crippen LogP contribution in [0, 0.1) is 0 Å². The number of ether oxygens (including phenoxy) is 1. The fourth-order valence-electron chi connectivity index (χ4n) is 1.66. The summed E-state index contributed by atoms with van der Waals surface area (Å²) in [5.74, 6) is 3.93. The van der Waals surface area contributed by atoms with E-state index >= 15 is 0 Å². The first kappa shape index (κ1) is 14.7. The van der Waals surface area contributed by atoms with E-state index in [4.69, 9.17) is 9.26 Å². The molecule has 0 amide bonds. The van der Waals surface area contributed by atoms with Crippen molar-refractivity contribution in [3.8, 4) is 0 Å². The Bertz CT molecular complexity index is 442. The summed E-state index contributed by atoms with van der Waals surface area (Å²) in [7, 11) is 0. The second kappa shape index (κ2) is 6.17. The van der Waals surface area contributed by atoms with Crippen molar-refractivity contribution in [2.24, 2.45) is 0 Å². The van der Waals surface area contributed by atoms with E-state index in [9.17, 15) is 4.79 Å². The highest BCUT2D eigenvalue weighted by Gasteiger charge is 2.38. The van der Waals surface area contributed by atoms with Gasteiger partial charge in [0.15, 0.2) is 5.82 Å². The fourth-order valence-corrected chi connectivity index (χ4v) is 4.24. The van der Waals surface area contributed by atoms with Gasteiger partial charge in [0, 0.05) is 17.3 Å². The van der Waals surface area contributed by atoms with Crippen LogP contribution < -0.4 is 0 Å². The predicted octanol–water partition coefficient (Wildman–Crippen LogP) is 2.43. The van der Waals surface area contributed by atoms with Crippen molar-refractivity contribution in [3.63, 3.8) is 0 Å². The largest absolute Gasteiger partial charge is 0.465 e. The minimum absolute atomic E-state index is 0.259. The fraction of sp³-hybridized carbons (Fsp3) is 0.750. The number of aromatic nitrogens is 2. The van der Waals surface area contributed by atoms with Crippen LogP contribution in [0.2, 0.25) is 0 Å². The Balaban J connectivity index is 2.13. The standard InChI is InChI=1S/C12H18N2O3S2/c1-4-16-11(15)12(2,3)10-13-9(14-17-10)8-7-18-5-6-19-8/h8H,4-7H2,1-3H3. The summed E-state index contributed by atoms with van der Waals surface area (Å²) in [6, 6.07) is 0. The summed E-state index contributed by atoms with van der Waals surface area (Å²) < 4.78 is 10.3. The van der Waals surface area contributed by atoms with Gasteiger partial charge in [0.05, 0.1) is 11.9 Å². The number of carbonyl (C=O) groups excluding carboxylic acids is 1. The molecule has 0 N–H and O–H groups in total. The maximum atomic E-state index is 11.9. The number of esters is 1. The van der Waals surface area contributed by atoms with Gasteiger partial charge >= 0.3 is 5.97 Å². The Morgan fingerprint density at radius 1 is 1.53 bits per heavy atom. The zero-order chi connectivity index (χ0) is 13.9. The van der Waals surface area contributed by atoms with Crippen LogP contribution in [0.15, 0.2) is 4.52 Å². The Morgan fingerprint density at radius 2 is 2.32 bits per heavy atom. The lowest BCUT2D eigenvalue weighted by molar-refractivity contribution is -0.149. The van der Waals surface area contributed by atoms with Crippen LogP contribution in [0.25, 0.3) is 0 Å². The average Bonchev–Trinajstić information content (AvgIpc) is 2.90. The summed E-state index contributed by atoms with van der Waals surface area (Å²) >= 11 is 3.73. The van der Waals surface area contributed by atoms with Gasteiger partial charge in [-0.15, -0.1) is 11.8 Å². The lowest BCUT2D eigenvalue weighted by atomic mass is 9.94. The molecule has 1 aromatic heterocycles. The molecule has 0 radical (unpaired) electrons. The first-order valence-electron chi connectivity index (χ1n) is 6.26. The molecule has 19 heavy (non-hydrogen) atoms. The van der Waals surface area contributed by atoms with E-state index in [0.29, 0.717) is 18.3 Å². The molecule has 1 aromatic rings. The molecule has 1 atom stereocenters. The van der Waals surface area contributed by atoms with Crippen molar-refractivity contribution in [2.75, 3.05) is 23.9 Å². The summed E-state index contributed by atoms with van der Waals surface area (Å²) in [5.41, 5.74) is -0.895. The molecule has 2 heterocycles. The van der Waals surface area contributed by atoms with E-state index in [2.05, 4.69) is 10.1 Å². The molecule has 7 heteroatoms. The molecule has 2 rings (SSSR count). The van der Waals surface area contributed by atoms with E-state index in [1.165, 1.54) is 5.75 Å². The van der Waals surface area contributed by atoms with Crippen LogP contribution in [-0.4, -0.2) is 40.0 Å². The summed E-state index contributed by atoms with van der Waals surface area (Å²) in [6.45, 7) is 5.61. The lowest BCUT2D eigenvalue weighted by Gasteiger charge is -2.18. The van der Waals surface area contributed by atoms with Crippen molar-refractivity contribution in [1.82, 2.24) is 10.1 Å². The monoisotopic (exact) mass is 302 g/mol. The number of carbonyl (C=O) groups is 1. The molecule has 106 valence electrons. The zero-order valence-corrected chi connectivity index (χ0v) is 13.0. The van der Waals surface area contributed by atoms with Crippen LogP contribution in [0.4, 0.5) is 0 Å². The van der Waals surface area contributed by atoms with E-state index in [0.717, 1.165) is 11.5 Å². The third-order valence-electron chi connectivity index (χ3n) is 2.87. The Morgan fingerprint density at radius 3 is 2.95 bits per heavy atom. The molecule has 0 aromatic carbocycles. The average molecular weight is 302 g/mol. The van der Waals surface area contributed by atoms with Crippen LogP contribution in [0.5, 0.6) is 0 Å². The van der Waals surface area contributed by atoms with Gasteiger partial charge in [-0.05, 0) is 20.8 Å². The normalized spacial score (nSPS) is 20.3. The van der Waals surface area contributed by atoms with Gasteiger partial charge in [-0.2, -0.15) is 16.7 Å². The van der Waals surface area contributed by atoms with E-state index in [1.807, 2.05) is 23.5 Å². The van der Waals surface area contributed by atoms with Crippen LogP contribution in [-0.2, 0) is 14.9 Å². The number of nitrogens with zero attached hydrogens (tertiary/aromatic N) is 2. The van der Waals surface area contributed by atoms with Gasteiger partial charge in [0.1, 0.15) is 5.41 Å². The summed E-state index contributed by atoms with van der Waals surface area (Å²) in [6.07, 6.45) is 0. The minimum atomic E-state index is -0.895. The van der Waals surface area contributed by atoms with E-state index in [-0.39, 0.29) is 11.2 Å². The van der Waals surface area contributed by atoms with Crippen molar-refractivity contribution in [1.29, 1.82) is 0 Å². The Kier molecular flexibility index (Phi) is 4.78. The molecule has 0 spiro atoms. The van der Waals surface area contributed by atoms with Gasteiger partial charge in [0.2, 0.25) is 5.89 Å². The molecule has 1 fully saturated rings. The summed E-state index contributed by atoms with van der Waals surface area (Å²) in [4.78, 5) is 16.3. The molecule has 1 unspecified atom stereocenters. The van der Waals surface area contributed by atoms with Crippen LogP contribution >= 0.6 is 23.5 Å². The number of hydrogen-bond donors (Lipinski definition) is 0. The lowest BCUT2D eigenvalue weighted by Crippen LogP contribution is -2.31. The van der Waals surface area contributed by atoms with Crippen molar-refractivity contribution in [2.45, 2.75) is 31.4 Å². The van der Waals surface area contributed by atoms with Crippen molar-refractivity contribution >= 4 is 29.5 Å². The second-order valence-corrected chi connectivity index (χ2v) is 7.20. The molecule has 0 bridgehead atoms. The molecule has 1 aliphatic rings. The van der Waals surface area contributed by atoms with Crippen LogP contribution in [0.3, 0.4) is 0 Å². The molecule has 5 nitrogen and oxygen atoms in total. The van der Waals surface area contributed by atoms with Gasteiger partial charge in [-0.1, -0.05) is 5.16 Å². The molecular formula is C12H18N2O3S2. The number of hydrogen-bond acceptors (Lipinski definition) is 7. The van der Waals surface area contributed by atoms with Crippen molar-refractivity contribution in [3.05, 3.63) is 11.7 Å². The zero-order valence-electron chi connectivity index (χ0n) is 11.3. The Hall–Kier alpha value is -0.690. The third-order valence-corrected chi connectivity index (χ3v) is 5.62. The van der Waals surface area contributed by atoms with Gasteiger partial charge in [0.25, 0.3) is 0 Å². The van der Waals surface area contributed by atoms with Gasteiger partial charge in [-0.25, -0.2) is 0 Å². The highest BCUT2D eigenvalue weighted by molar-refractivity contribution is 8.06. The van der Waals surface area contributed by atoms with Crippen LogP contribution in [0.1, 0.15) is 37.7 Å². The molecular weight excluding hydrogens is 284 g/mol. The van der Waals surface area contributed by atoms with Gasteiger partial charge < -0.3 is 9.26 Å². The first-order chi connectivity index (χ1) is 9.05. The number of thioether (sulfide) groups is 2. The molecule has 0 aliphatic carbocycles. The maximum Gasteiger partial charge on any atom is 0.321 e. The predicted molar refractivity (Wildman–Crippen MR) is 76.5 cm³/mol. The topological polar surface area (TPSA) is 65.2 Å². The van der Waals surface area contributed by atoms with E-state index < -0.39 is 5.41 Å². The van der Waals surface area contributed by atoms with E-state index in [1.54, 1.807) is 20.8 Å². The Labute approximate surface area is 121 Å². The number of rotatable bonds is 4. The summed E-state index contributed by atoms with van der Waals surface area (Å²) in [5, 5.41) is 4.28. The quantitative estimate of drug-likeness (QED) is 0.791. The highest BCUT2D eigenvalue weighted by atomic mass is 32.2. The smallest absolute Gasteiger partial charge is 0.321 e. The molecule has 1 saturated heterocycles. The van der Waals surface area contributed by atoms with Gasteiger partial charge in [-0.3, -0.25) is 4.79 Å².